The Hall–Kier alpha value is -1.38. The maximum atomic E-state index is 10.9. The van der Waals surface area contributed by atoms with Gasteiger partial charge in [-0.2, -0.15) is 0 Å². The van der Waals surface area contributed by atoms with Gasteiger partial charge in [-0.1, -0.05) is 6.08 Å². The second-order valence-electron chi connectivity index (χ2n) is 1.86. The summed E-state index contributed by atoms with van der Waals surface area (Å²) in [5, 5.41) is 0. The van der Waals surface area contributed by atoms with E-state index >= 15 is 0 Å². The van der Waals surface area contributed by atoms with E-state index in [2.05, 4.69) is 11.6 Å². The lowest BCUT2D eigenvalue weighted by Gasteiger charge is -1.96. The lowest BCUT2D eigenvalue weighted by Crippen LogP contribution is -2.17. The van der Waals surface area contributed by atoms with Gasteiger partial charge in [-0.25, -0.2) is 4.98 Å². The summed E-state index contributed by atoms with van der Waals surface area (Å²) >= 11 is 0. The molecule has 1 aromatic rings. The first-order valence-corrected chi connectivity index (χ1v) is 2.96. The van der Waals surface area contributed by atoms with Crippen LogP contribution in [0.1, 0.15) is 0 Å². The van der Waals surface area contributed by atoms with Gasteiger partial charge in [-0.15, -0.1) is 6.58 Å². The summed E-state index contributed by atoms with van der Waals surface area (Å²) in [4.78, 5) is 14.7. The van der Waals surface area contributed by atoms with Crippen molar-refractivity contribution in [2.24, 2.45) is 0 Å². The zero-order valence-electron chi connectivity index (χ0n) is 5.53. The molecular weight excluding hydrogens is 128 g/mol. The zero-order chi connectivity index (χ0) is 7.40. The predicted molar refractivity (Wildman–Crippen MR) is 38.7 cm³/mol. The minimum atomic E-state index is -0.0464. The molecule has 1 aromatic heterocycles. The molecule has 0 saturated heterocycles. The summed E-state index contributed by atoms with van der Waals surface area (Å²) in [6.45, 7) is 4.03. The molecule has 0 aliphatic carbocycles. The molecule has 0 aliphatic rings. The van der Waals surface area contributed by atoms with Crippen molar-refractivity contribution in [1.29, 1.82) is 0 Å². The summed E-state index contributed by atoms with van der Waals surface area (Å²) in [7, 11) is 0. The highest BCUT2D eigenvalue weighted by Crippen LogP contribution is 1.76. The molecule has 0 fully saturated rings. The van der Waals surface area contributed by atoms with Crippen LogP contribution in [0, 0.1) is 0 Å². The molecule has 52 valence electrons. The molecule has 1 heterocycles. The molecule has 0 unspecified atom stereocenters. The predicted octanol–water partition coefficient (Wildman–Crippen LogP) is 0.429. The molecule has 0 bridgehead atoms. The molecule has 3 heteroatoms. The molecule has 0 atom stereocenters. The molecule has 0 saturated carbocycles. The summed E-state index contributed by atoms with van der Waals surface area (Å²) in [5.41, 5.74) is -0.0464. The van der Waals surface area contributed by atoms with Crippen molar-refractivity contribution < 1.29 is 0 Å². The Morgan fingerprint density at radius 1 is 1.80 bits per heavy atom. The Balaban J connectivity index is 3.03. The molecule has 0 aromatic carbocycles. The molecule has 1 rings (SSSR count). The molecular formula is C7H8N2O. The van der Waals surface area contributed by atoms with Crippen LogP contribution in [-0.4, -0.2) is 9.55 Å². The highest BCUT2D eigenvalue weighted by atomic mass is 16.1. The summed E-state index contributed by atoms with van der Waals surface area (Å²) in [6.07, 6.45) is 4.62. The van der Waals surface area contributed by atoms with Crippen LogP contribution < -0.4 is 5.56 Å². The highest BCUT2D eigenvalue weighted by molar-refractivity contribution is 4.84. The maximum Gasteiger partial charge on any atom is 0.253 e. The van der Waals surface area contributed by atoms with Crippen LogP contribution in [0.2, 0.25) is 0 Å². The van der Waals surface area contributed by atoms with Gasteiger partial charge >= 0.3 is 0 Å². The average Bonchev–Trinajstić information content (AvgIpc) is 1.94. The Kier molecular flexibility index (Phi) is 1.99. The van der Waals surface area contributed by atoms with Gasteiger partial charge in [0.25, 0.3) is 5.56 Å². The van der Waals surface area contributed by atoms with E-state index in [9.17, 15) is 4.79 Å². The van der Waals surface area contributed by atoms with Gasteiger partial charge in [-0.3, -0.25) is 9.36 Å². The van der Waals surface area contributed by atoms with Gasteiger partial charge in [0.05, 0.1) is 6.33 Å². The largest absolute Gasteiger partial charge is 0.295 e. The number of allylic oxidation sites excluding steroid dienone is 1. The molecule has 0 aliphatic heterocycles. The molecule has 0 amide bonds. The van der Waals surface area contributed by atoms with E-state index in [4.69, 9.17) is 0 Å². The van der Waals surface area contributed by atoms with Crippen molar-refractivity contribution in [3.8, 4) is 0 Å². The van der Waals surface area contributed by atoms with E-state index in [1.807, 2.05) is 0 Å². The Labute approximate surface area is 58.6 Å². The second-order valence-corrected chi connectivity index (χ2v) is 1.86. The first-order valence-electron chi connectivity index (χ1n) is 2.96. The van der Waals surface area contributed by atoms with Gasteiger partial charge in [0.1, 0.15) is 0 Å². The van der Waals surface area contributed by atoms with Gasteiger partial charge in [0, 0.05) is 18.8 Å². The van der Waals surface area contributed by atoms with Gasteiger partial charge in [0.2, 0.25) is 0 Å². The SMILES string of the molecule is C=CCn1cnccc1=O. The van der Waals surface area contributed by atoms with Crippen LogP contribution >= 0.6 is 0 Å². The van der Waals surface area contributed by atoms with Gasteiger partial charge in [0.15, 0.2) is 0 Å². The zero-order valence-corrected chi connectivity index (χ0v) is 5.53. The quantitative estimate of drug-likeness (QED) is 0.552. The maximum absolute atomic E-state index is 10.9. The van der Waals surface area contributed by atoms with E-state index in [0.717, 1.165) is 0 Å². The summed E-state index contributed by atoms with van der Waals surface area (Å²) in [6, 6.07) is 1.42. The summed E-state index contributed by atoms with van der Waals surface area (Å²) in [5.74, 6) is 0. The summed E-state index contributed by atoms with van der Waals surface area (Å²) < 4.78 is 1.48. The van der Waals surface area contributed by atoms with Crippen LogP contribution in [0.5, 0.6) is 0 Å². The van der Waals surface area contributed by atoms with E-state index < -0.39 is 0 Å². The second kappa shape index (κ2) is 2.96. The first kappa shape index (κ1) is 6.74. The fraction of sp³-hybridized carbons (Fsp3) is 0.143. The van der Waals surface area contributed by atoms with Crippen molar-refractivity contribution in [1.82, 2.24) is 9.55 Å². The van der Waals surface area contributed by atoms with Crippen LogP contribution in [0.25, 0.3) is 0 Å². The number of rotatable bonds is 2. The smallest absolute Gasteiger partial charge is 0.253 e. The fourth-order valence-corrected chi connectivity index (χ4v) is 0.655. The van der Waals surface area contributed by atoms with Crippen LogP contribution in [-0.2, 0) is 6.54 Å². The molecule has 3 nitrogen and oxygen atoms in total. The third-order valence-electron chi connectivity index (χ3n) is 1.12. The van der Waals surface area contributed by atoms with Gasteiger partial charge in [-0.05, 0) is 0 Å². The van der Waals surface area contributed by atoms with Crippen LogP contribution in [0.4, 0.5) is 0 Å². The fourth-order valence-electron chi connectivity index (χ4n) is 0.655. The van der Waals surface area contributed by atoms with E-state index in [0.29, 0.717) is 6.54 Å². The van der Waals surface area contributed by atoms with Crippen molar-refractivity contribution in [2.45, 2.75) is 6.54 Å². The lowest BCUT2D eigenvalue weighted by atomic mass is 10.5. The third-order valence-corrected chi connectivity index (χ3v) is 1.12. The Morgan fingerprint density at radius 2 is 2.60 bits per heavy atom. The molecule has 0 N–H and O–H groups in total. The Bertz CT molecular complexity index is 277. The van der Waals surface area contributed by atoms with Crippen molar-refractivity contribution in [3.63, 3.8) is 0 Å². The highest BCUT2D eigenvalue weighted by Gasteiger charge is 1.87. The molecule has 10 heavy (non-hydrogen) atoms. The number of aromatic nitrogens is 2. The lowest BCUT2D eigenvalue weighted by molar-refractivity contribution is 0.754. The standard InChI is InChI=1S/C7H8N2O/c1-2-5-9-6-8-4-3-7(9)10/h2-4,6H,1,5H2. The van der Waals surface area contributed by atoms with E-state index in [1.54, 1.807) is 6.08 Å². The monoisotopic (exact) mass is 136 g/mol. The van der Waals surface area contributed by atoms with Crippen molar-refractivity contribution in [3.05, 3.63) is 41.6 Å². The number of hydrogen-bond donors (Lipinski definition) is 0. The van der Waals surface area contributed by atoms with Crippen LogP contribution in [0.15, 0.2) is 36.0 Å². The number of hydrogen-bond acceptors (Lipinski definition) is 2. The van der Waals surface area contributed by atoms with Crippen LogP contribution in [0.3, 0.4) is 0 Å². The van der Waals surface area contributed by atoms with Crippen molar-refractivity contribution in [2.75, 3.05) is 0 Å². The first-order chi connectivity index (χ1) is 4.84. The number of nitrogens with zero attached hydrogens (tertiary/aromatic N) is 2. The molecule has 0 radical (unpaired) electrons. The normalized spacial score (nSPS) is 9.20. The van der Waals surface area contributed by atoms with Crippen molar-refractivity contribution >= 4 is 0 Å². The Morgan fingerprint density at radius 3 is 3.20 bits per heavy atom. The average molecular weight is 136 g/mol. The minimum Gasteiger partial charge on any atom is -0.295 e. The third kappa shape index (κ3) is 1.31. The minimum absolute atomic E-state index is 0.0464. The molecule has 0 spiro atoms. The topological polar surface area (TPSA) is 34.9 Å². The van der Waals surface area contributed by atoms with Gasteiger partial charge < -0.3 is 0 Å². The van der Waals surface area contributed by atoms with E-state index in [1.165, 1.54) is 23.2 Å². The van der Waals surface area contributed by atoms with E-state index in [-0.39, 0.29) is 5.56 Å².